The Kier molecular flexibility index (Phi) is 9.70. The lowest BCUT2D eigenvalue weighted by Gasteiger charge is -2.36. The summed E-state index contributed by atoms with van der Waals surface area (Å²) in [4.78, 5) is 19.7. The normalized spacial score (nSPS) is 17.8. The highest BCUT2D eigenvalue weighted by molar-refractivity contribution is 6.09. The number of carbonyl (C=O) groups excluding carboxylic acids is 1. The lowest BCUT2D eigenvalue weighted by atomic mass is 9.91. The summed E-state index contributed by atoms with van der Waals surface area (Å²) >= 11 is 0. The van der Waals surface area contributed by atoms with E-state index in [1.54, 1.807) is 29.2 Å². The van der Waals surface area contributed by atoms with Crippen molar-refractivity contribution in [3.8, 4) is 5.75 Å². The fourth-order valence-corrected chi connectivity index (χ4v) is 4.61. The number of halogens is 3. The van der Waals surface area contributed by atoms with Gasteiger partial charge in [0.05, 0.1) is 23.7 Å². The third-order valence-corrected chi connectivity index (χ3v) is 6.35. The molecule has 0 saturated carbocycles. The van der Waals surface area contributed by atoms with Crippen molar-refractivity contribution in [2.75, 3.05) is 30.4 Å². The molecule has 0 aliphatic carbocycles. The number of benzene rings is 1. The smallest absolute Gasteiger partial charge is 0.379 e. The first kappa shape index (κ1) is 28.2. The van der Waals surface area contributed by atoms with Gasteiger partial charge >= 0.3 is 6.68 Å². The number of amides is 1. The lowest BCUT2D eigenvalue weighted by molar-refractivity contribution is 0.00818. The second kappa shape index (κ2) is 12.7. The Morgan fingerprint density at radius 1 is 1.22 bits per heavy atom. The summed E-state index contributed by atoms with van der Waals surface area (Å²) in [5, 5.41) is 24.3. The Hall–Kier alpha value is -3.38. The van der Waals surface area contributed by atoms with Crippen LogP contribution in [0.25, 0.3) is 5.65 Å². The van der Waals surface area contributed by atoms with Crippen molar-refractivity contribution in [3.05, 3.63) is 47.9 Å². The fraction of sp³-hybridized carbons (Fsp3) is 0.480. The molecule has 4 heterocycles. The van der Waals surface area contributed by atoms with Crippen molar-refractivity contribution < 1.29 is 32.9 Å². The fourth-order valence-electron chi connectivity index (χ4n) is 4.61. The van der Waals surface area contributed by atoms with E-state index < -0.39 is 6.68 Å². The second-order valence-corrected chi connectivity index (χ2v) is 8.82. The number of hydrogen-bond acceptors (Lipinski definition) is 7. The van der Waals surface area contributed by atoms with Crippen molar-refractivity contribution in [1.82, 2.24) is 14.6 Å². The molecule has 2 aliphatic heterocycles. The van der Waals surface area contributed by atoms with Gasteiger partial charge < -0.3 is 25.2 Å². The summed E-state index contributed by atoms with van der Waals surface area (Å²) in [6, 6.07) is 5.86. The van der Waals surface area contributed by atoms with Crippen LogP contribution in [0.2, 0.25) is 0 Å². The molecule has 0 bridgehead atoms. The van der Waals surface area contributed by atoms with Crippen LogP contribution < -0.4 is 15.0 Å². The number of piperidine rings is 1. The van der Waals surface area contributed by atoms with Gasteiger partial charge in [-0.3, -0.25) is 4.79 Å². The zero-order chi connectivity index (χ0) is 27.1. The number of rotatable bonds is 4. The Morgan fingerprint density at radius 2 is 1.89 bits per heavy atom. The third kappa shape index (κ3) is 6.89. The minimum Gasteiger partial charge on any atom is -0.490 e. The highest BCUT2D eigenvalue weighted by atomic mass is 19.4. The quantitative estimate of drug-likeness (QED) is 0.478. The average molecular weight is 524 g/mol. The zero-order valence-electron chi connectivity index (χ0n) is 20.9. The van der Waals surface area contributed by atoms with Gasteiger partial charge in [-0.05, 0) is 44.7 Å². The Balaban J connectivity index is 0.000000580. The van der Waals surface area contributed by atoms with Crippen LogP contribution in [0.5, 0.6) is 5.75 Å². The molecule has 5 rings (SSSR count). The molecule has 1 amide bonds. The lowest BCUT2D eigenvalue weighted by Crippen LogP contribution is -2.37. The van der Waals surface area contributed by atoms with Crippen molar-refractivity contribution in [2.45, 2.75) is 52.0 Å². The Labute approximate surface area is 212 Å². The monoisotopic (exact) mass is 523 g/mol. The first-order valence-corrected chi connectivity index (χ1v) is 12.0. The molecule has 3 N–H and O–H groups in total. The number of carbonyl (C=O) groups is 1. The predicted molar refractivity (Wildman–Crippen MR) is 133 cm³/mol. The van der Waals surface area contributed by atoms with Crippen LogP contribution in [0.4, 0.5) is 24.5 Å². The standard InChI is InChI=1S/C23H27N5O3.CHF3.CH4O/c1-14-10-17-11-19(26-23(30)18-13-25-28-7-3-6-24-22(18)28)20(12-21(17)31-14)27-8-4-16(5-9-27)15(2)29;2-1(3)4;1-2/h3,6-7,11-16,29H,4-5,8-10H2,1-2H3,(H,26,30);1H;2H,1H3. The van der Waals surface area contributed by atoms with Crippen LogP contribution in [0.1, 0.15) is 42.6 Å². The molecule has 2 unspecified atom stereocenters. The van der Waals surface area contributed by atoms with E-state index in [0.717, 1.165) is 62.1 Å². The zero-order valence-corrected chi connectivity index (χ0v) is 20.9. The minimum atomic E-state index is -3.67. The molecule has 0 spiro atoms. The van der Waals surface area contributed by atoms with Gasteiger partial charge in [0, 0.05) is 50.6 Å². The van der Waals surface area contributed by atoms with Crippen molar-refractivity contribution in [1.29, 1.82) is 0 Å². The van der Waals surface area contributed by atoms with Crippen molar-refractivity contribution >= 4 is 22.9 Å². The van der Waals surface area contributed by atoms with Gasteiger partial charge in [0.2, 0.25) is 0 Å². The molecular formula is C25H32F3N5O4. The molecule has 2 aliphatic rings. The van der Waals surface area contributed by atoms with Crippen molar-refractivity contribution in [3.63, 3.8) is 0 Å². The number of aromatic nitrogens is 3. The first-order valence-electron chi connectivity index (χ1n) is 12.0. The first-order chi connectivity index (χ1) is 17.7. The molecule has 1 saturated heterocycles. The summed E-state index contributed by atoms with van der Waals surface area (Å²) in [6.45, 7) is 1.90. The van der Waals surface area contributed by atoms with E-state index >= 15 is 0 Å². The summed E-state index contributed by atoms with van der Waals surface area (Å²) in [5.41, 5.74) is 3.78. The molecular weight excluding hydrogens is 491 g/mol. The summed E-state index contributed by atoms with van der Waals surface area (Å²) in [6.07, 6.45) is 7.44. The molecule has 0 radical (unpaired) electrons. The molecule has 2 aromatic heterocycles. The topological polar surface area (TPSA) is 112 Å². The molecule has 1 aromatic carbocycles. The molecule has 202 valence electrons. The number of alkyl halides is 3. The van der Waals surface area contributed by atoms with E-state index in [1.165, 1.54) is 0 Å². The van der Waals surface area contributed by atoms with Crippen LogP contribution in [-0.4, -0.2) is 69.8 Å². The summed E-state index contributed by atoms with van der Waals surface area (Å²) in [7, 11) is 1.00. The highest BCUT2D eigenvalue weighted by Gasteiger charge is 2.28. The number of ether oxygens (including phenoxy) is 1. The molecule has 9 nitrogen and oxygen atoms in total. The van der Waals surface area contributed by atoms with Gasteiger partial charge in [-0.15, -0.1) is 0 Å². The average Bonchev–Trinajstić information content (AvgIpc) is 3.47. The molecule has 2 atom stereocenters. The van der Waals surface area contributed by atoms with Gasteiger partial charge in [-0.2, -0.15) is 18.3 Å². The van der Waals surface area contributed by atoms with Gasteiger partial charge in [-0.1, -0.05) is 0 Å². The van der Waals surface area contributed by atoms with E-state index in [1.807, 2.05) is 19.1 Å². The molecule has 1 fully saturated rings. The number of nitrogens with zero attached hydrogens (tertiary/aromatic N) is 4. The van der Waals surface area contributed by atoms with Crippen LogP contribution in [0, 0.1) is 5.92 Å². The van der Waals surface area contributed by atoms with Gasteiger partial charge in [0.15, 0.2) is 5.65 Å². The van der Waals surface area contributed by atoms with Crippen LogP contribution in [-0.2, 0) is 6.42 Å². The number of aliphatic hydroxyl groups is 2. The number of anilines is 2. The Bertz CT molecular complexity index is 1180. The van der Waals surface area contributed by atoms with E-state index in [-0.39, 0.29) is 18.1 Å². The maximum absolute atomic E-state index is 13.1. The number of nitrogens with one attached hydrogen (secondary N) is 1. The number of hydrogen-bond donors (Lipinski definition) is 3. The summed E-state index contributed by atoms with van der Waals surface area (Å²) < 4.78 is 36.6. The third-order valence-electron chi connectivity index (χ3n) is 6.35. The molecule has 37 heavy (non-hydrogen) atoms. The number of fused-ring (bicyclic) bond motifs is 2. The minimum absolute atomic E-state index is 0.124. The largest absolute Gasteiger partial charge is 0.490 e. The van der Waals surface area contributed by atoms with Crippen molar-refractivity contribution in [2.24, 2.45) is 5.92 Å². The molecule has 12 heteroatoms. The van der Waals surface area contributed by atoms with Gasteiger partial charge in [-0.25, -0.2) is 9.50 Å². The number of aliphatic hydroxyl groups excluding tert-OH is 2. The molecule has 3 aromatic rings. The summed E-state index contributed by atoms with van der Waals surface area (Å²) in [5.74, 6) is 0.960. The Morgan fingerprint density at radius 3 is 2.54 bits per heavy atom. The van der Waals surface area contributed by atoms with Crippen LogP contribution in [0.3, 0.4) is 0 Å². The van der Waals surface area contributed by atoms with E-state index in [0.29, 0.717) is 17.1 Å². The highest BCUT2D eigenvalue weighted by Crippen LogP contribution is 2.40. The maximum atomic E-state index is 13.1. The predicted octanol–water partition coefficient (Wildman–Crippen LogP) is 3.69. The van der Waals surface area contributed by atoms with E-state index in [4.69, 9.17) is 9.84 Å². The van der Waals surface area contributed by atoms with Crippen LogP contribution >= 0.6 is 0 Å². The van der Waals surface area contributed by atoms with Gasteiger partial charge in [0.25, 0.3) is 5.91 Å². The van der Waals surface area contributed by atoms with E-state index in [2.05, 4.69) is 27.2 Å². The SMILES string of the molecule is CC1Cc2cc(NC(=O)c3cnn4cccnc34)c(N3CCC(C(C)O)CC3)cc2O1.CO.FC(F)F. The van der Waals surface area contributed by atoms with E-state index in [9.17, 15) is 23.1 Å². The maximum Gasteiger partial charge on any atom is 0.379 e. The second-order valence-electron chi connectivity index (χ2n) is 8.82. The van der Waals surface area contributed by atoms with Crippen LogP contribution in [0.15, 0.2) is 36.8 Å². The van der Waals surface area contributed by atoms with Gasteiger partial charge in [0.1, 0.15) is 17.4 Å².